The smallest absolute Gasteiger partial charge is 0.303 e. The van der Waals surface area contributed by atoms with E-state index in [1.165, 1.54) is 6.08 Å². The Hall–Kier alpha value is -2.39. The van der Waals surface area contributed by atoms with E-state index in [0.717, 1.165) is 11.1 Å². The van der Waals surface area contributed by atoms with Crippen LogP contribution in [0.25, 0.3) is 6.08 Å². The van der Waals surface area contributed by atoms with Gasteiger partial charge in [0.15, 0.2) is 5.78 Å². The molecule has 0 unspecified atom stereocenters. The van der Waals surface area contributed by atoms with Gasteiger partial charge in [0.25, 0.3) is 0 Å². The predicted octanol–water partition coefficient (Wildman–Crippen LogP) is 4.64. The normalized spacial score (nSPS) is 10.8. The molecule has 2 aromatic rings. The lowest BCUT2D eigenvalue weighted by Crippen LogP contribution is -1.97. The molecule has 0 saturated carbocycles. The summed E-state index contributed by atoms with van der Waals surface area (Å²) in [4.78, 5) is 22.6. The number of benzene rings is 2. The fraction of sp³-hybridized carbons (Fsp3) is 0.158. The molecule has 0 atom stereocenters. The zero-order chi connectivity index (χ0) is 16.7. The molecule has 0 aliphatic rings. The molecule has 0 heterocycles. The zero-order valence-corrected chi connectivity index (χ0v) is 13.3. The summed E-state index contributed by atoms with van der Waals surface area (Å²) >= 11 is 5.81. The molecule has 23 heavy (non-hydrogen) atoms. The van der Waals surface area contributed by atoms with Gasteiger partial charge in [0.05, 0.1) is 0 Å². The largest absolute Gasteiger partial charge is 0.481 e. The molecule has 2 aromatic carbocycles. The molecule has 0 aliphatic carbocycles. The second-order valence-corrected chi connectivity index (χ2v) is 5.63. The molecule has 118 valence electrons. The fourth-order valence-electron chi connectivity index (χ4n) is 2.12. The Bertz CT molecular complexity index is 700. The molecule has 0 spiro atoms. The highest BCUT2D eigenvalue weighted by molar-refractivity contribution is 6.30. The third-order valence-corrected chi connectivity index (χ3v) is 3.64. The highest BCUT2D eigenvalue weighted by Crippen LogP contribution is 2.12. The number of carboxylic acids is 1. The minimum atomic E-state index is -0.788. The van der Waals surface area contributed by atoms with Crippen LogP contribution in [0.1, 0.15) is 34.3 Å². The van der Waals surface area contributed by atoms with Crippen LogP contribution >= 0.6 is 11.6 Å². The number of allylic oxidation sites excluding steroid dienone is 1. The van der Waals surface area contributed by atoms with Crippen LogP contribution in [0.5, 0.6) is 0 Å². The summed E-state index contributed by atoms with van der Waals surface area (Å²) in [7, 11) is 0. The number of hydrogen-bond donors (Lipinski definition) is 1. The number of rotatable bonds is 7. The second-order valence-electron chi connectivity index (χ2n) is 5.19. The molecule has 2 rings (SSSR count). The summed E-state index contributed by atoms with van der Waals surface area (Å²) in [5, 5.41) is 9.28. The Morgan fingerprint density at radius 3 is 2.26 bits per heavy atom. The number of carboxylic acid groups (broad SMARTS) is 1. The van der Waals surface area contributed by atoms with Crippen LogP contribution in [-0.4, -0.2) is 16.9 Å². The van der Waals surface area contributed by atoms with Crippen molar-refractivity contribution < 1.29 is 14.7 Å². The van der Waals surface area contributed by atoms with Gasteiger partial charge in [-0.2, -0.15) is 0 Å². The summed E-state index contributed by atoms with van der Waals surface area (Å²) in [6.07, 6.45) is 4.73. The van der Waals surface area contributed by atoms with Gasteiger partial charge >= 0.3 is 5.97 Å². The summed E-state index contributed by atoms with van der Waals surface area (Å²) in [6.45, 7) is 0. The highest BCUT2D eigenvalue weighted by Gasteiger charge is 2.03. The van der Waals surface area contributed by atoms with Crippen LogP contribution in [0.3, 0.4) is 0 Å². The Kier molecular flexibility index (Phi) is 6.12. The molecule has 0 fully saturated rings. The Labute approximate surface area is 140 Å². The quantitative estimate of drug-likeness (QED) is 0.595. The number of ketones is 1. The fourth-order valence-corrected chi connectivity index (χ4v) is 2.25. The molecule has 0 bridgehead atoms. The van der Waals surface area contributed by atoms with Gasteiger partial charge in [-0.3, -0.25) is 9.59 Å². The number of aliphatic carboxylic acids is 1. The van der Waals surface area contributed by atoms with Gasteiger partial charge < -0.3 is 5.11 Å². The van der Waals surface area contributed by atoms with Crippen molar-refractivity contribution in [1.82, 2.24) is 0 Å². The van der Waals surface area contributed by atoms with Crippen molar-refractivity contribution in [3.05, 3.63) is 76.3 Å². The maximum Gasteiger partial charge on any atom is 0.303 e. The van der Waals surface area contributed by atoms with Crippen LogP contribution in [0.4, 0.5) is 0 Å². The highest BCUT2D eigenvalue weighted by atomic mass is 35.5. The zero-order valence-electron chi connectivity index (χ0n) is 12.5. The number of hydrogen-bond acceptors (Lipinski definition) is 2. The minimum Gasteiger partial charge on any atom is -0.481 e. The molecular formula is C19H17ClO3. The maximum atomic E-state index is 12.1. The summed E-state index contributed by atoms with van der Waals surface area (Å²) in [6, 6.07) is 14.5. The Balaban J connectivity index is 1.94. The van der Waals surface area contributed by atoms with Crippen molar-refractivity contribution in [2.24, 2.45) is 0 Å². The third-order valence-electron chi connectivity index (χ3n) is 3.39. The van der Waals surface area contributed by atoms with E-state index in [1.54, 1.807) is 30.3 Å². The van der Waals surface area contributed by atoms with Crippen molar-refractivity contribution in [3.63, 3.8) is 0 Å². The molecule has 4 heteroatoms. The first-order chi connectivity index (χ1) is 11.0. The van der Waals surface area contributed by atoms with E-state index < -0.39 is 5.97 Å². The molecular weight excluding hydrogens is 312 g/mol. The first-order valence-electron chi connectivity index (χ1n) is 7.33. The number of halogens is 1. The predicted molar refractivity (Wildman–Crippen MR) is 91.8 cm³/mol. The molecule has 0 amide bonds. The van der Waals surface area contributed by atoms with E-state index in [4.69, 9.17) is 16.7 Å². The van der Waals surface area contributed by atoms with Gasteiger partial charge in [0.1, 0.15) is 0 Å². The molecule has 0 radical (unpaired) electrons. The van der Waals surface area contributed by atoms with Crippen LogP contribution in [0, 0.1) is 0 Å². The standard InChI is InChI=1S/C19H17ClO3/c20-17-11-6-15(7-12-17)8-13-18(21)16-9-4-14(5-10-16)2-1-3-19(22)23/h4-13H,1-3H2,(H,22,23)/b13-8+. The average molecular weight is 329 g/mol. The van der Waals surface area contributed by atoms with Gasteiger partial charge in [-0.05, 0) is 42.2 Å². The Morgan fingerprint density at radius 2 is 1.65 bits per heavy atom. The van der Waals surface area contributed by atoms with E-state index in [0.29, 0.717) is 23.4 Å². The van der Waals surface area contributed by atoms with Crippen molar-refractivity contribution in [3.8, 4) is 0 Å². The van der Waals surface area contributed by atoms with Gasteiger partial charge in [0, 0.05) is 17.0 Å². The lowest BCUT2D eigenvalue weighted by atomic mass is 10.0. The van der Waals surface area contributed by atoms with Crippen molar-refractivity contribution >= 4 is 29.4 Å². The van der Waals surface area contributed by atoms with Crippen LogP contribution in [0.2, 0.25) is 5.02 Å². The molecule has 3 nitrogen and oxygen atoms in total. The van der Waals surface area contributed by atoms with E-state index in [2.05, 4.69) is 0 Å². The van der Waals surface area contributed by atoms with Crippen molar-refractivity contribution in [2.45, 2.75) is 19.3 Å². The topological polar surface area (TPSA) is 54.4 Å². The third kappa shape index (κ3) is 5.72. The van der Waals surface area contributed by atoms with Crippen LogP contribution < -0.4 is 0 Å². The number of carbonyl (C=O) groups is 2. The molecule has 0 aromatic heterocycles. The van der Waals surface area contributed by atoms with E-state index in [9.17, 15) is 9.59 Å². The van der Waals surface area contributed by atoms with Crippen molar-refractivity contribution in [2.75, 3.05) is 0 Å². The summed E-state index contributed by atoms with van der Waals surface area (Å²) in [5.41, 5.74) is 2.55. The first-order valence-corrected chi connectivity index (χ1v) is 7.71. The minimum absolute atomic E-state index is 0.0722. The second kappa shape index (κ2) is 8.30. The van der Waals surface area contributed by atoms with Crippen LogP contribution in [0.15, 0.2) is 54.6 Å². The van der Waals surface area contributed by atoms with Crippen LogP contribution in [-0.2, 0) is 11.2 Å². The van der Waals surface area contributed by atoms with Gasteiger partial charge in [-0.1, -0.05) is 54.1 Å². The summed E-state index contributed by atoms with van der Waals surface area (Å²) in [5.74, 6) is -0.860. The van der Waals surface area contributed by atoms with Gasteiger partial charge in [0.2, 0.25) is 0 Å². The van der Waals surface area contributed by atoms with E-state index >= 15 is 0 Å². The SMILES string of the molecule is O=C(O)CCCc1ccc(C(=O)/C=C/c2ccc(Cl)cc2)cc1. The first kappa shape index (κ1) is 17.0. The van der Waals surface area contributed by atoms with E-state index in [-0.39, 0.29) is 12.2 Å². The summed E-state index contributed by atoms with van der Waals surface area (Å²) < 4.78 is 0. The molecule has 1 N–H and O–H groups in total. The lowest BCUT2D eigenvalue weighted by Gasteiger charge is -2.01. The van der Waals surface area contributed by atoms with Crippen molar-refractivity contribution in [1.29, 1.82) is 0 Å². The molecule has 0 saturated heterocycles. The van der Waals surface area contributed by atoms with Gasteiger partial charge in [-0.15, -0.1) is 0 Å². The average Bonchev–Trinajstić information content (AvgIpc) is 2.54. The molecule has 0 aliphatic heterocycles. The Morgan fingerprint density at radius 1 is 1.00 bits per heavy atom. The van der Waals surface area contributed by atoms with Gasteiger partial charge in [-0.25, -0.2) is 0 Å². The lowest BCUT2D eigenvalue weighted by molar-refractivity contribution is -0.137. The number of aryl methyl sites for hydroxylation is 1. The monoisotopic (exact) mass is 328 g/mol. The maximum absolute atomic E-state index is 12.1. The van der Waals surface area contributed by atoms with E-state index in [1.807, 2.05) is 24.3 Å². The number of carbonyl (C=O) groups excluding carboxylic acids is 1.